The Morgan fingerprint density at radius 3 is 2.59 bits per heavy atom. The minimum atomic E-state index is -0.479. The topological polar surface area (TPSA) is 81.3 Å². The van der Waals surface area contributed by atoms with Crippen LogP contribution in [0, 0.1) is 19.7 Å². The number of rotatable bonds is 4. The first-order chi connectivity index (χ1) is 13.9. The number of aryl methyl sites for hydroxylation is 2. The standard InChI is InChI=1S/C21H18FN5O2/c1-13-8-9-16(10-17(13)22)24-20(28)12-26-21(29)27-14(2)23-18(11-19(27)25-26)15-6-4-3-5-7-15/h3-11H,12H2,1-2H3,(H,24,28). The largest absolute Gasteiger partial charge is 0.352 e. The Kier molecular flexibility index (Phi) is 4.67. The van der Waals surface area contributed by atoms with Gasteiger partial charge in [0.25, 0.3) is 0 Å². The maximum Gasteiger partial charge on any atom is 0.352 e. The van der Waals surface area contributed by atoms with Crippen LogP contribution in [0.4, 0.5) is 10.1 Å². The van der Waals surface area contributed by atoms with Crippen LogP contribution >= 0.6 is 0 Å². The molecule has 0 bridgehead atoms. The van der Waals surface area contributed by atoms with E-state index < -0.39 is 17.4 Å². The first-order valence-electron chi connectivity index (χ1n) is 9.01. The predicted molar refractivity (Wildman–Crippen MR) is 107 cm³/mol. The molecule has 0 atom stereocenters. The average molecular weight is 391 g/mol. The molecule has 29 heavy (non-hydrogen) atoms. The van der Waals surface area contributed by atoms with Gasteiger partial charge >= 0.3 is 5.69 Å². The van der Waals surface area contributed by atoms with Crippen LogP contribution in [0.2, 0.25) is 0 Å². The number of aromatic nitrogens is 4. The summed E-state index contributed by atoms with van der Waals surface area (Å²) in [7, 11) is 0. The second kappa shape index (κ2) is 7.31. The summed E-state index contributed by atoms with van der Waals surface area (Å²) in [5.41, 5.74) is 2.33. The van der Waals surface area contributed by atoms with Crippen molar-refractivity contribution in [2.75, 3.05) is 5.32 Å². The molecule has 0 saturated carbocycles. The van der Waals surface area contributed by atoms with Crippen LogP contribution in [0.5, 0.6) is 0 Å². The smallest absolute Gasteiger partial charge is 0.324 e. The lowest BCUT2D eigenvalue weighted by Crippen LogP contribution is -2.28. The first-order valence-corrected chi connectivity index (χ1v) is 9.01. The Labute approximate surface area is 165 Å². The van der Waals surface area contributed by atoms with Gasteiger partial charge in [0.05, 0.1) is 5.69 Å². The Hall–Kier alpha value is -3.81. The number of amides is 1. The molecule has 2 aromatic carbocycles. The van der Waals surface area contributed by atoms with Gasteiger partial charge in [-0.1, -0.05) is 36.4 Å². The molecule has 1 amide bonds. The highest BCUT2D eigenvalue weighted by Gasteiger charge is 2.15. The monoisotopic (exact) mass is 391 g/mol. The van der Waals surface area contributed by atoms with E-state index in [1.807, 2.05) is 30.3 Å². The van der Waals surface area contributed by atoms with Crippen molar-refractivity contribution in [3.8, 4) is 11.3 Å². The zero-order chi connectivity index (χ0) is 20.5. The third-order valence-electron chi connectivity index (χ3n) is 4.55. The lowest BCUT2D eigenvalue weighted by atomic mass is 10.1. The molecule has 0 aliphatic heterocycles. The maximum atomic E-state index is 13.7. The third kappa shape index (κ3) is 3.64. The summed E-state index contributed by atoms with van der Waals surface area (Å²) in [6.07, 6.45) is 0. The number of nitrogens with one attached hydrogen (secondary N) is 1. The number of anilines is 1. The summed E-state index contributed by atoms with van der Waals surface area (Å²) in [5, 5.41) is 6.84. The normalized spacial score (nSPS) is 11.0. The van der Waals surface area contributed by atoms with Crippen LogP contribution in [-0.4, -0.2) is 25.1 Å². The van der Waals surface area contributed by atoms with Gasteiger partial charge in [-0.2, -0.15) is 0 Å². The minimum Gasteiger partial charge on any atom is -0.324 e. The fourth-order valence-electron chi connectivity index (χ4n) is 3.07. The van der Waals surface area contributed by atoms with Crippen molar-refractivity contribution in [3.63, 3.8) is 0 Å². The second-order valence-corrected chi connectivity index (χ2v) is 6.70. The van der Waals surface area contributed by atoms with E-state index >= 15 is 0 Å². The van der Waals surface area contributed by atoms with Gasteiger partial charge < -0.3 is 5.32 Å². The molecule has 0 saturated heterocycles. The van der Waals surface area contributed by atoms with E-state index in [2.05, 4.69) is 15.4 Å². The van der Waals surface area contributed by atoms with Gasteiger partial charge in [0, 0.05) is 17.3 Å². The highest BCUT2D eigenvalue weighted by atomic mass is 19.1. The molecule has 0 spiro atoms. The van der Waals surface area contributed by atoms with Gasteiger partial charge in [-0.25, -0.2) is 23.3 Å². The molecular weight excluding hydrogens is 373 g/mol. The molecule has 8 heteroatoms. The number of nitrogens with zero attached hydrogens (tertiary/aromatic N) is 4. The van der Waals surface area contributed by atoms with E-state index in [0.717, 1.165) is 10.2 Å². The number of fused-ring (bicyclic) bond motifs is 1. The number of carbonyl (C=O) groups is 1. The molecule has 2 aromatic heterocycles. The number of hydrogen-bond donors (Lipinski definition) is 1. The lowest BCUT2D eigenvalue weighted by molar-refractivity contribution is -0.117. The molecule has 0 fully saturated rings. The number of benzene rings is 2. The minimum absolute atomic E-state index is 0.296. The third-order valence-corrected chi connectivity index (χ3v) is 4.55. The summed E-state index contributed by atoms with van der Waals surface area (Å²) in [6, 6.07) is 15.7. The average Bonchev–Trinajstić information content (AvgIpc) is 3.01. The van der Waals surface area contributed by atoms with E-state index in [0.29, 0.717) is 28.4 Å². The van der Waals surface area contributed by atoms with Crippen molar-refractivity contribution < 1.29 is 9.18 Å². The molecule has 0 aliphatic rings. The summed E-state index contributed by atoms with van der Waals surface area (Å²) in [6.45, 7) is 3.05. The van der Waals surface area contributed by atoms with Crippen molar-refractivity contribution in [1.29, 1.82) is 0 Å². The quantitative estimate of drug-likeness (QED) is 0.580. The van der Waals surface area contributed by atoms with E-state index in [1.165, 1.54) is 10.5 Å². The molecule has 1 N–H and O–H groups in total. The van der Waals surface area contributed by atoms with Gasteiger partial charge in [0.1, 0.15) is 18.2 Å². The van der Waals surface area contributed by atoms with E-state index in [4.69, 9.17) is 0 Å². The van der Waals surface area contributed by atoms with E-state index in [-0.39, 0.29) is 6.54 Å². The highest BCUT2D eigenvalue weighted by Crippen LogP contribution is 2.18. The van der Waals surface area contributed by atoms with Crippen molar-refractivity contribution in [2.24, 2.45) is 0 Å². The maximum absolute atomic E-state index is 13.7. The highest BCUT2D eigenvalue weighted by molar-refractivity contribution is 5.90. The molecule has 2 heterocycles. The summed E-state index contributed by atoms with van der Waals surface area (Å²) < 4.78 is 16.1. The Morgan fingerprint density at radius 2 is 1.86 bits per heavy atom. The van der Waals surface area contributed by atoms with Crippen LogP contribution in [0.25, 0.3) is 16.9 Å². The van der Waals surface area contributed by atoms with Gasteiger partial charge in [0.15, 0.2) is 5.65 Å². The first kappa shape index (κ1) is 18.5. The SMILES string of the molecule is Cc1ccc(NC(=O)Cn2nc3cc(-c4ccccc4)nc(C)n3c2=O)cc1F. The van der Waals surface area contributed by atoms with Crippen LogP contribution in [0.1, 0.15) is 11.4 Å². The number of halogens is 1. The lowest BCUT2D eigenvalue weighted by Gasteiger charge is -2.05. The zero-order valence-electron chi connectivity index (χ0n) is 15.9. The van der Waals surface area contributed by atoms with Crippen LogP contribution in [0.15, 0.2) is 59.4 Å². The van der Waals surface area contributed by atoms with Crippen molar-refractivity contribution >= 4 is 17.2 Å². The Morgan fingerprint density at radius 1 is 1.10 bits per heavy atom. The predicted octanol–water partition coefficient (Wildman–Crippen LogP) is 2.95. The van der Waals surface area contributed by atoms with Crippen molar-refractivity contribution in [2.45, 2.75) is 20.4 Å². The van der Waals surface area contributed by atoms with E-state index in [9.17, 15) is 14.0 Å². The molecule has 0 aliphatic carbocycles. The summed E-state index contributed by atoms with van der Waals surface area (Å²) >= 11 is 0. The summed E-state index contributed by atoms with van der Waals surface area (Å²) in [4.78, 5) is 29.5. The fraction of sp³-hybridized carbons (Fsp3) is 0.143. The molecule has 0 radical (unpaired) electrons. The Bertz CT molecular complexity index is 1280. The van der Waals surface area contributed by atoms with Gasteiger partial charge in [0.2, 0.25) is 5.91 Å². The zero-order valence-corrected chi connectivity index (χ0v) is 15.9. The molecule has 4 aromatic rings. The van der Waals surface area contributed by atoms with E-state index in [1.54, 1.807) is 32.0 Å². The number of hydrogen-bond acceptors (Lipinski definition) is 4. The second-order valence-electron chi connectivity index (χ2n) is 6.70. The molecular formula is C21H18FN5O2. The van der Waals surface area contributed by atoms with Gasteiger partial charge in [-0.3, -0.25) is 4.79 Å². The number of carbonyl (C=O) groups excluding carboxylic acids is 1. The fourth-order valence-corrected chi connectivity index (χ4v) is 3.07. The summed E-state index contributed by atoms with van der Waals surface area (Å²) in [5.74, 6) is -0.422. The molecule has 146 valence electrons. The molecule has 0 unspecified atom stereocenters. The Balaban J connectivity index is 1.63. The molecule has 4 rings (SSSR count). The van der Waals surface area contributed by atoms with Gasteiger partial charge in [-0.05, 0) is 31.5 Å². The van der Waals surface area contributed by atoms with Crippen molar-refractivity contribution in [3.05, 3.63) is 82.3 Å². The van der Waals surface area contributed by atoms with Crippen LogP contribution < -0.4 is 11.0 Å². The van der Waals surface area contributed by atoms with Crippen LogP contribution in [-0.2, 0) is 11.3 Å². The van der Waals surface area contributed by atoms with Crippen molar-refractivity contribution in [1.82, 2.24) is 19.2 Å². The van der Waals surface area contributed by atoms with Gasteiger partial charge in [-0.15, -0.1) is 5.10 Å². The molecule has 7 nitrogen and oxygen atoms in total. The van der Waals surface area contributed by atoms with Crippen LogP contribution in [0.3, 0.4) is 0 Å².